The van der Waals surface area contributed by atoms with Crippen LogP contribution in [-0.4, -0.2) is 67.6 Å². The summed E-state index contributed by atoms with van der Waals surface area (Å²) >= 11 is 0. The molecule has 1 heterocycles. The normalized spacial score (nSPS) is 16.6. The van der Waals surface area contributed by atoms with Gasteiger partial charge in [0.05, 0.1) is 21.8 Å². The lowest BCUT2D eigenvalue weighted by atomic mass is 9.75. The van der Waals surface area contributed by atoms with Crippen molar-refractivity contribution in [3.05, 3.63) is 85.4 Å². The predicted octanol–water partition coefficient (Wildman–Crippen LogP) is 3.36. The van der Waals surface area contributed by atoms with Crippen LogP contribution in [0.3, 0.4) is 0 Å². The van der Waals surface area contributed by atoms with Gasteiger partial charge in [-0.1, -0.05) is 20.3 Å². The Bertz CT molecular complexity index is 1500. The van der Waals surface area contributed by atoms with Crippen molar-refractivity contribution < 1.29 is 43.3 Å². The zero-order valence-electron chi connectivity index (χ0n) is 24.8. The quantitative estimate of drug-likeness (QED) is 0.0444. The SMILES string of the molecule is CCCCN(C(=O)OCc1ccc([N+](=O)[O-])cc1)C(C)[C@H]1C(=O)N[C@@H]1C(C)C(=O)C(=[N+]=[N-])C(=O)OCc1ccc([N+](=O)[O-])cc1. The number of nitro benzene ring substituents is 2. The summed E-state index contributed by atoms with van der Waals surface area (Å²) in [5.74, 6) is -4.50. The van der Waals surface area contributed by atoms with E-state index in [-0.39, 0.29) is 31.1 Å². The average Bonchev–Trinajstić information content (AvgIpc) is 3.01. The van der Waals surface area contributed by atoms with Crippen LogP contribution in [0.2, 0.25) is 0 Å². The summed E-state index contributed by atoms with van der Waals surface area (Å²) in [6.07, 6.45) is 0.595. The van der Waals surface area contributed by atoms with Crippen molar-refractivity contribution >= 4 is 40.8 Å². The smallest absolute Gasteiger partial charge is 0.441 e. The van der Waals surface area contributed by atoms with E-state index < -0.39 is 63.2 Å². The summed E-state index contributed by atoms with van der Waals surface area (Å²) in [5.41, 5.74) is 9.20. The van der Waals surface area contributed by atoms with Crippen LogP contribution in [0.4, 0.5) is 16.2 Å². The molecule has 16 nitrogen and oxygen atoms in total. The van der Waals surface area contributed by atoms with Crippen molar-refractivity contribution in [1.29, 1.82) is 0 Å². The van der Waals surface area contributed by atoms with E-state index in [1.54, 1.807) is 6.92 Å². The van der Waals surface area contributed by atoms with Crippen LogP contribution in [0.5, 0.6) is 0 Å². The number of carbonyl (C=O) groups is 4. The van der Waals surface area contributed by atoms with E-state index in [0.29, 0.717) is 17.5 Å². The molecule has 238 valence electrons. The molecule has 16 heteroatoms. The van der Waals surface area contributed by atoms with E-state index in [9.17, 15) is 44.9 Å². The number of rotatable bonds is 15. The van der Waals surface area contributed by atoms with Crippen molar-refractivity contribution in [2.45, 2.75) is 58.9 Å². The van der Waals surface area contributed by atoms with Crippen molar-refractivity contribution in [2.75, 3.05) is 6.54 Å². The molecule has 1 fully saturated rings. The number of unbranched alkanes of at least 4 members (excludes halogenated alkanes) is 1. The molecule has 2 aromatic carbocycles. The second-order valence-corrected chi connectivity index (χ2v) is 10.4. The topological polar surface area (TPSA) is 225 Å². The van der Waals surface area contributed by atoms with E-state index in [1.807, 2.05) is 6.92 Å². The number of nitro groups is 2. The molecule has 0 radical (unpaired) electrons. The number of non-ortho nitro benzene ring substituents is 2. The summed E-state index contributed by atoms with van der Waals surface area (Å²) in [5, 5.41) is 24.3. The highest BCUT2D eigenvalue weighted by Gasteiger charge is 2.52. The van der Waals surface area contributed by atoms with Gasteiger partial charge in [-0.25, -0.2) is 9.59 Å². The Morgan fingerprint density at radius 3 is 1.91 bits per heavy atom. The van der Waals surface area contributed by atoms with Crippen LogP contribution in [0, 0.1) is 32.1 Å². The number of β-lactam (4-membered cyclic amide) rings is 1. The molecule has 1 N–H and O–H groups in total. The number of carbonyl (C=O) groups excluding carboxylic acids is 4. The molecule has 0 aromatic heterocycles. The first-order valence-corrected chi connectivity index (χ1v) is 14.0. The second-order valence-electron chi connectivity index (χ2n) is 10.4. The molecule has 4 atom stereocenters. The maximum Gasteiger partial charge on any atom is 0.441 e. The Morgan fingerprint density at radius 1 is 0.956 bits per heavy atom. The fourth-order valence-electron chi connectivity index (χ4n) is 4.80. The van der Waals surface area contributed by atoms with Gasteiger partial charge in [-0.05, 0) is 48.7 Å². The molecule has 1 aliphatic rings. The molecule has 45 heavy (non-hydrogen) atoms. The van der Waals surface area contributed by atoms with E-state index in [0.717, 1.165) is 6.42 Å². The number of amides is 2. The lowest BCUT2D eigenvalue weighted by Gasteiger charge is -2.45. The highest BCUT2D eigenvalue weighted by molar-refractivity contribution is 6.62. The van der Waals surface area contributed by atoms with E-state index >= 15 is 0 Å². The van der Waals surface area contributed by atoms with Crippen LogP contribution in [0.1, 0.15) is 44.7 Å². The minimum atomic E-state index is -1.23. The minimum absolute atomic E-state index is 0.110. The lowest BCUT2D eigenvalue weighted by molar-refractivity contribution is -0.385. The van der Waals surface area contributed by atoms with Gasteiger partial charge in [0.15, 0.2) is 0 Å². The molecule has 0 saturated carbocycles. The number of nitrogens with zero attached hydrogens (tertiary/aromatic N) is 5. The van der Waals surface area contributed by atoms with Gasteiger partial charge in [-0.3, -0.25) is 29.8 Å². The molecule has 1 saturated heterocycles. The highest BCUT2D eigenvalue weighted by atomic mass is 16.6. The standard InChI is InChI=1S/C29H32N6O10/c1-4-5-14-33(29(39)45-16-20-8-12-22(13-9-20)35(42)43)18(3)23-24(31-27(23)37)17(2)26(36)25(32-30)28(38)44-15-19-6-10-21(11-7-19)34(40)41/h6-13,17-18,23-24H,4-5,14-16H2,1-3H3,(H,31,37)/t17?,18?,23-,24-/m1/s1. The number of hydrogen-bond acceptors (Lipinski definition) is 10. The maximum absolute atomic E-state index is 13.2. The van der Waals surface area contributed by atoms with Gasteiger partial charge >= 0.3 is 17.8 Å². The Balaban J connectivity index is 1.66. The summed E-state index contributed by atoms with van der Waals surface area (Å²) in [4.78, 5) is 76.4. The summed E-state index contributed by atoms with van der Waals surface area (Å²) in [7, 11) is 0. The molecule has 3 rings (SSSR count). The van der Waals surface area contributed by atoms with Crippen molar-refractivity contribution in [1.82, 2.24) is 10.2 Å². The number of esters is 1. The van der Waals surface area contributed by atoms with Gasteiger partial charge in [0.2, 0.25) is 5.91 Å². The van der Waals surface area contributed by atoms with Crippen LogP contribution in [0.15, 0.2) is 48.5 Å². The Hall–Kier alpha value is -5.50. The van der Waals surface area contributed by atoms with Gasteiger partial charge in [0, 0.05) is 42.8 Å². The van der Waals surface area contributed by atoms with E-state index in [2.05, 4.69) is 10.1 Å². The van der Waals surface area contributed by atoms with Crippen LogP contribution < -0.4 is 5.32 Å². The van der Waals surface area contributed by atoms with Crippen LogP contribution in [0.25, 0.3) is 5.53 Å². The number of ether oxygens (including phenoxy) is 2. The number of Topliss-reactive ketones (excluding diaryl/α,β-unsaturated/α-hetero) is 1. The third-order valence-corrected chi connectivity index (χ3v) is 7.50. The van der Waals surface area contributed by atoms with Crippen LogP contribution in [-0.2, 0) is 37.1 Å². The van der Waals surface area contributed by atoms with Crippen LogP contribution >= 0.6 is 0 Å². The average molecular weight is 625 g/mol. The summed E-state index contributed by atoms with van der Waals surface area (Å²) < 4.78 is 10.5. The number of hydrogen-bond donors (Lipinski definition) is 1. The van der Waals surface area contributed by atoms with Gasteiger partial charge in [0.25, 0.3) is 17.2 Å². The zero-order valence-corrected chi connectivity index (χ0v) is 24.8. The van der Waals surface area contributed by atoms with Gasteiger partial charge in [-0.2, -0.15) is 4.79 Å². The number of nitrogens with one attached hydrogen (secondary N) is 1. The fraction of sp³-hybridized carbons (Fsp3) is 0.414. The van der Waals surface area contributed by atoms with Crippen molar-refractivity contribution in [3.63, 3.8) is 0 Å². The second kappa shape index (κ2) is 15.3. The largest absolute Gasteiger partial charge is 0.452 e. The highest BCUT2D eigenvalue weighted by Crippen LogP contribution is 2.30. The molecular weight excluding hydrogens is 592 g/mol. The first-order valence-electron chi connectivity index (χ1n) is 14.0. The molecule has 0 spiro atoms. The predicted molar refractivity (Wildman–Crippen MR) is 155 cm³/mol. The lowest BCUT2D eigenvalue weighted by Crippen LogP contribution is -2.68. The minimum Gasteiger partial charge on any atom is -0.452 e. The van der Waals surface area contributed by atoms with Gasteiger partial charge in [0.1, 0.15) is 13.2 Å². The Labute approximate surface area is 257 Å². The number of ketones is 1. The molecule has 0 aliphatic carbocycles. The molecular formula is C29H32N6O10. The Morgan fingerprint density at radius 2 is 1.47 bits per heavy atom. The zero-order chi connectivity index (χ0) is 33.3. The maximum atomic E-state index is 13.2. The molecule has 0 bridgehead atoms. The van der Waals surface area contributed by atoms with Crippen molar-refractivity contribution in [3.8, 4) is 0 Å². The van der Waals surface area contributed by atoms with Gasteiger partial charge in [-0.15, -0.1) is 0 Å². The fourth-order valence-corrected chi connectivity index (χ4v) is 4.80. The number of benzene rings is 2. The monoisotopic (exact) mass is 624 g/mol. The molecule has 1 aliphatic heterocycles. The van der Waals surface area contributed by atoms with E-state index in [1.165, 1.54) is 60.4 Å². The Kier molecular flexibility index (Phi) is 11.6. The molecule has 2 aromatic rings. The third-order valence-electron chi connectivity index (χ3n) is 7.50. The van der Waals surface area contributed by atoms with Gasteiger partial charge < -0.3 is 25.2 Å². The third kappa shape index (κ3) is 8.32. The molecule has 2 unspecified atom stereocenters. The molecule has 2 amide bonds. The summed E-state index contributed by atoms with van der Waals surface area (Å²) in [6, 6.07) is 9.10. The van der Waals surface area contributed by atoms with Crippen molar-refractivity contribution in [2.24, 2.45) is 11.8 Å². The van der Waals surface area contributed by atoms with E-state index in [4.69, 9.17) is 9.47 Å². The summed E-state index contributed by atoms with van der Waals surface area (Å²) in [6.45, 7) is 4.71. The first-order chi connectivity index (χ1) is 21.4. The first kappa shape index (κ1) is 34.0.